The Kier molecular flexibility index (Phi) is 4.14. The average molecular weight is 293 g/mol. The van der Waals surface area contributed by atoms with E-state index in [1.807, 2.05) is 6.92 Å². The molecule has 0 atom stereocenters. The average Bonchev–Trinajstić information content (AvgIpc) is 2.81. The SMILES string of the molecule is CCN(C)C(=O)CNC(=O)c1sc2nnccc2c1N. The van der Waals surface area contributed by atoms with Crippen molar-refractivity contribution in [3.05, 3.63) is 17.1 Å². The zero-order valence-electron chi connectivity index (χ0n) is 11.2. The van der Waals surface area contributed by atoms with Crippen LogP contribution in [0.2, 0.25) is 0 Å². The fraction of sp³-hybridized carbons (Fsp3) is 0.333. The van der Waals surface area contributed by atoms with Gasteiger partial charge in [0.15, 0.2) is 0 Å². The number of carbonyl (C=O) groups excluding carboxylic acids is 2. The third-order valence-corrected chi connectivity index (χ3v) is 4.03. The number of nitrogens with one attached hydrogen (secondary N) is 1. The van der Waals surface area contributed by atoms with Gasteiger partial charge in [-0.05, 0) is 13.0 Å². The summed E-state index contributed by atoms with van der Waals surface area (Å²) in [7, 11) is 1.68. The van der Waals surface area contributed by atoms with Crippen LogP contribution in [0.1, 0.15) is 16.6 Å². The van der Waals surface area contributed by atoms with E-state index in [1.54, 1.807) is 13.1 Å². The van der Waals surface area contributed by atoms with Crippen LogP contribution in [0.3, 0.4) is 0 Å². The molecule has 0 spiro atoms. The first-order valence-electron chi connectivity index (χ1n) is 6.06. The van der Waals surface area contributed by atoms with Gasteiger partial charge < -0.3 is 16.0 Å². The topological polar surface area (TPSA) is 101 Å². The maximum absolute atomic E-state index is 12.1. The van der Waals surface area contributed by atoms with E-state index < -0.39 is 0 Å². The van der Waals surface area contributed by atoms with Crippen molar-refractivity contribution in [1.82, 2.24) is 20.4 Å². The second kappa shape index (κ2) is 5.83. The summed E-state index contributed by atoms with van der Waals surface area (Å²) in [6.07, 6.45) is 1.52. The molecule has 2 amide bonds. The number of amides is 2. The smallest absolute Gasteiger partial charge is 0.264 e. The summed E-state index contributed by atoms with van der Waals surface area (Å²) in [5, 5.41) is 10.9. The molecule has 7 nitrogen and oxygen atoms in total. The highest BCUT2D eigenvalue weighted by Gasteiger charge is 2.18. The minimum absolute atomic E-state index is 0.0530. The molecular formula is C12H15N5O2S. The van der Waals surface area contributed by atoms with Gasteiger partial charge in [0.25, 0.3) is 5.91 Å². The van der Waals surface area contributed by atoms with E-state index in [1.165, 1.54) is 11.1 Å². The number of hydrogen-bond acceptors (Lipinski definition) is 6. The molecule has 2 aromatic rings. The Morgan fingerprint density at radius 1 is 1.50 bits per heavy atom. The van der Waals surface area contributed by atoms with Crippen LogP contribution in [0.25, 0.3) is 10.2 Å². The van der Waals surface area contributed by atoms with Crippen molar-refractivity contribution < 1.29 is 9.59 Å². The highest BCUT2D eigenvalue weighted by molar-refractivity contribution is 7.21. The van der Waals surface area contributed by atoms with Crippen molar-refractivity contribution >= 4 is 39.1 Å². The van der Waals surface area contributed by atoms with Gasteiger partial charge in [-0.3, -0.25) is 9.59 Å². The molecule has 2 heterocycles. The molecule has 0 radical (unpaired) electrons. The Labute approximate surface area is 119 Å². The van der Waals surface area contributed by atoms with Crippen LogP contribution in [-0.2, 0) is 4.79 Å². The first-order valence-corrected chi connectivity index (χ1v) is 6.88. The zero-order chi connectivity index (χ0) is 14.7. The summed E-state index contributed by atoms with van der Waals surface area (Å²) in [6, 6.07) is 1.71. The molecule has 106 valence electrons. The molecule has 0 saturated carbocycles. The molecule has 0 aromatic carbocycles. The van der Waals surface area contributed by atoms with Crippen LogP contribution >= 0.6 is 11.3 Å². The van der Waals surface area contributed by atoms with E-state index in [-0.39, 0.29) is 18.4 Å². The summed E-state index contributed by atoms with van der Waals surface area (Å²) in [5.41, 5.74) is 6.29. The molecule has 2 aromatic heterocycles. The van der Waals surface area contributed by atoms with Crippen molar-refractivity contribution in [3.63, 3.8) is 0 Å². The molecule has 0 unspecified atom stereocenters. The van der Waals surface area contributed by atoms with E-state index >= 15 is 0 Å². The zero-order valence-corrected chi connectivity index (χ0v) is 12.0. The number of nitrogen functional groups attached to an aromatic ring is 1. The van der Waals surface area contributed by atoms with Gasteiger partial charge in [-0.2, -0.15) is 5.10 Å². The Morgan fingerprint density at radius 2 is 2.25 bits per heavy atom. The van der Waals surface area contributed by atoms with Crippen molar-refractivity contribution in [2.75, 3.05) is 25.9 Å². The second-order valence-electron chi connectivity index (χ2n) is 4.19. The van der Waals surface area contributed by atoms with Crippen molar-refractivity contribution in [2.24, 2.45) is 0 Å². The van der Waals surface area contributed by atoms with Crippen molar-refractivity contribution in [2.45, 2.75) is 6.92 Å². The van der Waals surface area contributed by atoms with Crippen LogP contribution in [-0.4, -0.2) is 47.0 Å². The molecule has 2 rings (SSSR count). The Morgan fingerprint density at radius 3 is 2.90 bits per heavy atom. The van der Waals surface area contributed by atoms with Gasteiger partial charge in [0.1, 0.15) is 9.71 Å². The summed E-state index contributed by atoms with van der Waals surface area (Å²) in [6.45, 7) is 2.40. The lowest BCUT2D eigenvalue weighted by molar-refractivity contribution is -0.128. The van der Waals surface area contributed by atoms with Crippen molar-refractivity contribution in [3.8, 4) is 0 Å². The number of likely N-dealkylation sites (N-methyl/N-ethyl adjacent to an activating group) is 1. The number of aromatic nitrogens is 2. The van der Waals surface area contributed by atoms with Gasteiger partial charge >= 0.3 is 0 Å². The highest BCUT2D eigenvalue weighted by Crippen LogP contribution is 2.31. The third-order valence-electron chi connectivity index (χ3n) is 2.93. The quantitative estimate of drug-likeness (QED) is 0.854. The summed E-state index contributed by atoms with van der Waals surface area (Å²) in [5.74, 6) is -0.524. The van der Waals surface area contributed by atoms with Gasteiger partial charge in [0.2, 0.25) is 5.91 Å². The predicted molar refractivity (Wildman–Crippen MR) is 77.5 cm³/mol. The van der Waals surface area contributed by atoms with E-state index in [9.17, 15) is 9.59 Å². The minimum atomic E-state index is -0.372. The number of thiophene rings is 1. The van der Waals surface area contributed by atoms with Crippen molar-refractivity contribution in [1.29, 1.82) is 0 Å². The minimum Gasteiger partial charge on any atom is -0.397 e. The third kappa shape index (κ3) is 2.69. The van der Waals surface area contributed by atoms with Crippen LogP contribution in [0.4, 0.5) is 5.69 Å². The molecule has 0 fully saturated rings. The number of fused-ring (bicyclic) bond motifs is 1. The monoisotopic (exact) mass is 293 g/mol. The number of anilines is 1. The van der Waals surface area contributed by atoms with E-state index in [0.717, 1.165) is 11.3 Å². The number of nitrogens with zero attached hydrogens (tertiary/aromatic N) is 3. The Bertz CT molecular complexity index is 654. The van der Waals surface area contributed by atoms with Crippen LogP contribution in [0.5, 0.6) is 0 Å². The molecule has 0 aliphatic carbocycles. The molecule has 0 aliphatic rings. The lowest BCUT2D eigenvalue weighted by Gasteiger charge is -2.14. The first-order chi connectivity index (χ1) is 9.54. The van der Waals surface area contributed by atoms with Crippen LogP contribution < -0.4 is 11.1 Å². The van der Waals surface area contributed by atoms with Gasteiger partial charge in [0, 0.05) is 19.0 Å². The number of hydrogen-bond donors (Lipinski definition) is 2. The maximum atomic E-state index is 12.1. The predicted octanol–water partition coefficient (Wildman–Crippen LogP) is 0.482. The molecule has 0 saturated heterocycles. The standard InChI is InChI=1S/C12H15N5O2S/c1-3-17(2)8(18)6-14-11(19)10-9(13)7-4-5-15-16-12(7)20-10/h4-5H,3,6,13H2,1-2H3,(H,14,19). The maximum Gasteiger partial charge on any atom is 0.264 e. The molecular weight excluding hydrogens is 278 g/mol. The molecule has 0 aliphatic heterocycles. The number of rotatable bonds is 4. The van der Waals surface area contributed by atoms with Gasteiger partial charge in [-0.1, -0.05) is 0 Å². The number of nitrogens with two attached hydrogens (primary N) is 1. The molecule has 20 heavy (non-hydrogen) atoms. The summed E-state index contributed by atoms with van der Waals surface area (Å²) in [4.78, 5) is 26.2. The van der Waals surface area contributed by atoms with E-state index in [4.69, 9.17) is 5.73 Å². The molecule has 8 heteroatoms. The fourth-order valence-electron chi connectivity index (χ4n) is 1.59. The normalized spacial score (nSPS) is 10.5. The summed E-state index contributed by atoms with van der Waals surface area (Å²) >= 11 is 1.16. The van der Waals surface area contributed by atoms with Gasteiger partial charge in [-0.25, -0.2) is 0 Å². The van der Waals surface area contributed by atoms with Crippen LogP contribution in [0.15, 0.2) is 12.3 Å². The fourth-order valence-corrected chi connectivity index (χ4v) is 2.54. The largest absolute Gasteiger partial charge is 0.397 e. The Balaban J connectivity index is 2.12. The van der Waals surface area contributed by atoms with Gasteiger partial charge in [0.05, 0.1) is 18.4 Å². The number of carbonyl (C=O) groups is 2. The lowest BCUT2D eigenvalue weighted by Crippen LogP contribution is -2.37. The summed E-state index contributed by atoms with van der Waals surface area (Å²) < 4.78 is 0. The molecule has 0 bridgehead atoms. The Hall–Kier alpha value is -2.22. The molecule has 3 N–H and O–H groups in total. The van der Waals surface area contributed by atoms with Gasteiger partial charge in [-0.15, -0.1) is 16.4 Å². The van der Waals surface area contributed by atoms with E-state index in [2.05, 4.69) is 15.5 Å². The lowest BCUT2D eigenvalue weighted by atomic mass is 10.3. The highest BCUT2D eigenvalue weighted by atomic mass is 32.1. The van der Waals surface area contributed by atoms with E-state index in [0.29, 0.717) is 27.3 Å². The second-order valence-corrected chi connectivity index (χ2v) is 5.18. The van der Waals surface area contributed by atoms with Crippen LogP contribution in [0, 0.1) is 0 Å². The first kappa shape index (κ1) is 14.2.